The topological polar surface area (TPSA) is 105 Å². The van der Waals surface area contributed by atoms with Gasteiger partial charge >= 0.3 is 7.82 Å². The summed E-state index contributed by atoms with van der Waals surface area (Å²) in [5.41, 5.74) is 0. The normalized spacial score (nSPS) is 14.8. The number of allylic oxidation sites excluding steroid dienone is 17. The SMILES string of the molecule is CC/C=C\C/C=C\C/C=C\C/C=C\C/C=C\C/C=C\C/C=C\CCCCCCCCCCCC(=O)NC(COP(=O)(O)OCC[N+](C)(C)C)C(O)/C=C/CC/C=C/CCCCCCCCCCCC. The van der Waals surface area contributed by atoms with E-state index in [9.17, 15) is 19.4 Å². The van der Waals surface area contributed by atoms with Crippen LogP contribution in [0.1, 0.15) is 213 Å². The molecule has 0 heterocycles. The Morgan fingerprint density at radius 2 is 0.884 bits per heavy atom. The zero-order valence-electron chi connectivity index (χ0n) is 45.0. The smallest absolute Gasteiger partial charge is 0.387 e. The Morgan fingerprint density at radius 1 is 0.507 bits per heavy atom. The molecule has 0 saturated heterocycles. The molecule has 8 nitrogen and oxygen atoms in total. The Kier molecular flexibility index (Phi) is 48.1. The van der Waals surface area contributed by atoms with E-state index in [1.165, 1.54) is 103 Å². The summed E-state index contributed by atoms with van der Waals surface area (Å²) in [6.07, 6.45) is 73.2. The second-order valence-electron chi connectivity index (χ2n) is 19.6. The fourth-order valence-corrected chi connectivity index (χ4v) is 8.13. The molecule has 1 amide bonds. The van der Waals surface area contributed by atoms with Crippen LogP contribution >= 0.6 is 7.82 Å². The van der Waals surface area contributed by atoms with Crippen LogP contribution in [-0.4, -0.2) is 73.4 Å². The fourth-order valence-electron chi connectivity index (χ4n) is 7.39. The number of unbranched alkanes of at least 4 members (excludes halogenated alkanes) is 20. The maximum Gasteiger partial charge on any atom is 0.472 e. The van der Waals surface area contributed by atoms with Crippen LogP contribution in [0.15, 0.2) is 109 Å². The second-order valence-corrected chi connectivity index (χ2v) is 21.0. The highest BCUT2D eigenvalue weighted by atomic mass is 31.2. The Bertz CT molecular complexity index is 1490. The fraction of sp³-hybridized carbons (Fsp3) is 0.683. The number of carbonyl (C=O) groups is 1. The lowest BCUT2D eigenvalue weighted by molar-refractivity contribution is -0.870. The number of hydrogen-bond acceptors (Lipinski definition) is 5. The molecule has 0 aromatic carbocycles. The largest absolute Gasteiger partial charge is 0.472 e. The first-order valence-electron chi connectivity index (χ1n) is 27.8. The van der Waals surface area contributed by atoms with Crippen LogP contribution < -0.4 is 5.32 Å². The van der Waals surface area contributed by atoms with Crippen molar-refractivity contribution in [2.45, 2.75) is 225 Å². The van der Waals surface area contributed by atoms with Gasteiger partial charge in [-0.15, -0.1) is 0 Å². The molecule has 0 rings (SSSR count). The summed E-state index contributed by atoms with van der Waals surface area (Å²) >= 11 is 0. The Morgan fingerprint density at radius 3 is 1.33 bits per heavy atom. The standard InChI is InChI=1S/C60H105N2O6P/c1-6-8-10-12-14-16-18-20-22-24-25-26-27-28-29-30-31-32-33-34-35-36-37-38-40-42-44-46-48-50-52-54-60(64)61-58(57-68-69(65,66)67-56-55-62(3,4)5)59(63)53-51-49-47-45-43-41-39-23-21-19-17-15-13-11-9-7-2/h8,10,14,16,20,22,25-26,28-29,31-32,34-35,43,45,51,53,58-59,63H,6-7,9,11-13,15,17-19,21,23-24,27,30,33,36-42,44,46-50,52,54-57H2,1-5H3,(H-,61,64,65,66)/p+1/b10-8-,16-14-,22-20-,26-25-,29-28-,32-31-,35-34-,45-43+,53-51+. The molecular weight excluding hydrogens is 876 g/mol. The minimum absolute atomic E-state index is 0.0495. The van der Waals surface area contributed by atoms with Gasteiger partial charge < -0.3 is 19.8 Å². The molecular formula is C60H106N2O6P+. The average Bonchev–Trinajstić information content (AvgIpc) is 3.31. The number of likely N-dealkylation sites (N-methyl/N-ethyl adjacent to an activating group) is 1. The molecule has 69 heavy (non-hydrogen) atoms. The van der Waals surface area contributed by atoms with Crippen molar-refractivity contribution in [3.8, 4) is 0 Å². The number of phosphoric acid groups is 1. The van der Waals surface area contributed by atoms with Gasteiger partial charge in [-0.1, -0.05) is 226 Å². The quantitative estimate of drug-likeness (QED) is 0.0243. The van der Waals surface area contributed by atoms with Gasteiger partial charge in [-0.2, -0.15) is 0 Å². The number of phosphoric ester groups is 1. The van der Waals surface area contributed by atoms with Crippen molar-refractivity contribution in [3.05, 3.63) is 109 Å². The highest BCUT2D eigenvalue weighted by molar-refractivity contribution is 7.47. The summed E-state index contributed by atoms with van der Waals surface area (Å²) < 4.78 is 23.6. The van der Waals surface area contributed by atoms with Gasteiger partial charge in [0.2, 0.25) is 5.91 Å². The van der Waals surface area contributed by atoms with E-state index >= 15 is 0 Å². The molecule has 0 aromatic heterocycles. The van der Waals surface area contributed by atoms with E-state index in [1.807, 2.05) is 27.2 Å². The number of amides is 1. The molecule has 0 aliphatic heterocycles. The summed E-state index contributed by atoms with van der Waals surface area (Å²) in [6.45, 7) is 4.66. The number of aliphatic hydroxyl groups is 1. The number of hydrogen-bond donors (Lipinski definition) is 3. The van der Waals surface area contributed by atoms with E-state index in [4.69, 9.17) is 9.05 Å². The number of aliphatic hydroxyl groups excluding tert-OH is 1. The van der Waals surface area contributed by atoms with E-state index < -0.39 is 20.0 Å². The molecule has 3 atom stereocenters. The van der Waals surface area contributed by atoms with Gasteiger partial charge in [-0.3, -0.25) is 13.8 Å². The zero-order chi connectivity index (χ0) is 50.6. The van der Waals surface area contributed by atoms with Gasteiger partial charge in [0.15, 0.2) is 0 Å². The van der Waals surface area contributed by atoms with Gasteiger partial charge in [0, 0.05) is 6.42 Å². The molecule has 3 unspecified atom stereocenters. The zero-order valence-corrected chi connectivity index (χ0v) is 45.9. The van der Waals surface area contributed by atoms with Crippen LogP contribution in [0.25, 0.3) is 0 Å². The predicted octanol–water partition coefficient (Wildman–Crippen LogP) is 16.8. The lowest BCUT2D eigenvalue weighted by Gasteiger charge is -2.25. The number of carbonyl (C=O) groups excluding carboxylic acids is 1. The molecule has 0 fully saturated rings. The monoisotopic (exact) mass is 982 g/mol. The molecule has 0 aliphatic rings. The summed E-state index contributed by atoms with van der Waals surface area (Å²) in [6, 6.07) is -0.874. The minimum atomic E-state index is -4.36. The highest BCUT2D eigenvalue weighted by Gasteiger charge is 2.27. The molecule has 0 bridgehead atoms. The molecule has 9 heteroatoms. The predicted molar refractivity (Wildman–Crippen MR) is 299 cm³/mol. The van der Waals surface area contributed by atoms with Crippen LogP contribution in [0.3, 0.4) is 0 Å². The number of nitrogens with one attached hydrogen (secondary N) is 1. The van der Waals surface area contributed by atoms with Gasteiger partial charge in [-0.25, -0.2) is 4.57 Å². The maximum atomic E-state index is 13.0. The molecule has 0 aliphatic carbocycles. The highest BCUT2D eigenvalue weighted by Crippen LogP contribution is 2.43. The number of rotatable bonds is 49. The van der Waals surface area contributed by atoms with Crippen molar-refractivity contribution in [1.29, 1.82) is 0 Å². The van der Waals surface area contributed by atoms with Gasteiger partial charge in [-0.05, 0) is 89.9 Å². The van der Waals surface area contributed by atoms with E-state index in [2.05, 4.69) is 116 Å². The van der Waals surface area contributed by atoms with Crippen molar-refractivity contribution in [1.82, 2.24) is 5.32 Å². The third-order valence-electron chi connectivity index (χ3n) is 11.7. The van der Waals surface area contributed by atoms with Gasteiger partial charge in [0.1, 0.15) is 13.2 Å². The summed E-state index contributed by atoms with van der Waals surface area (Å²) in [4.78, 5) is 23.3. The Labute approximate surface area is 425 Å². The Hall–Kier alpha value is -2.84. The summed E-state index contributed by atoms with van der Waals surface area (Å²) in [5, 5.41) is 13.9. The third-order valence-corrected chi connectivity index (χ3v) is 12.7. The van der Waals surface area contributed by atoms with Crippen LogP contribution in [0, 0.1) is 0 Å². The minimum Gasteiger partial charge on any atom is -0.387 e. The van der Waals surface area contributed by atoms with Gasteiger partial charge in [0.25, 0.3) is 0 Å². The second kappa shape index (κ2) is 50.1. The third kappa shape index (κ3) is 52.8. The first-order valence-corrected chi connectivity index (χ1v) is 29.3. The Balaban J connectivity index is 4.26. The van der Waals surface area contributed by atoms with E-state index in [0.717, 1.165) is 89.9 Å². The van der Waals surface area contributed by atoms with Crippen molar-refractivity contribution < 1.29 is 32.9 Å². The number of nitrogens with zero attached hydrogens (tertiary/aromatic N) is 1. The van der Waals surface area contributed by atoms with Crippen LogP contribution in [0.2, 0.25) is 0 Å². The molecule has 0 radical (unpaired) electrons. The molecule has 0 spiro atoms. The first kappa shape index (κ1) is 66.2. The summed E-state index contributed by atoms with van der Waals surface area (Å²) in [5.74, 6) is -0.198. The van der Waals surface area contributed by atoms with Crippen LogP contribution in [0.5, 0.6) is 0 Å². The lowest BCUT2D eigenvalue weighted by Crippen LogP contribution is -2.45. The maximum absolute atomic E-state index is 13.0. The van der Waals surface area contributed by atoms with Crippen LogP contribution in [0.4, 0.5) is 0 Å². The van der Waals surface area contributed by atoms with Crippen molar-refractivity contribution in [3.63, 3.8) is 0 Å². The van der Waals surface area contributed by atoms with Crippen molar-refractivity contribution >= 4 is 13.7 Å². The van der Waals surface area contributed by atoms with Crippen molar-refractivity contribution in [2.24, 2.45) is 0 Å². The van der Waals surface area contributed by atoms with E-state index in [0.29, 0.717) is 17.4 Å². The number of quaternary nitrogens is 1. The molecule has 0 saturated carbocycles. The van der Waals surface area contributed by atoms with Crippen molar-refractivity contribution in [2.75, 3.05) is 40.9 Å². The summed E-state index contributed by atoms with van der Waals surface area (Å²) in [7, 11) is 1.54. The molecule has 3 N–H and O–H groups in total. The first-order chi connectivity index (χ1) is 33.5. The van der Waals surface area contributed by atoms with E-state index in [-0.39, 0.29) is 19.1 Å². The van der Waals surface area contributed by atoms with E-state index in [1.54, 1.807) is 6.08 Å². The molecule has 0 aromatic rings. The molecule has 396 valence electrons. The van der Waals surface area contributed by atoms with Crippen LogP contribution in [-0.2, 0) is 18.4 Å². The van der Waals surface area contributed by atoms with Gasteiger partial charge in [0.05, 0.1) is 39.9 Å². The average molecular weight is 982 g/mol. The lowest BCUT2D eigenvalue weighted by atomic mass is 10.1.